The number of fused-ring (bicyclic) bond motifs is 1. The van der Waals surface area contributed by atoms with E-state index in [0.717, 1.165) is 16.8 Å². The molecule has 0 aliphatic rings. The van der Waals surface area contributed by atoms with Gasteiger partial charge >= 0.3 is 6.18 Å². The Morgan fingerprint density at radius 3 is 2.63 bits per heavy atom. The van der Waals surface area contributed by atoms with Gasteiger partial charge < -0.3 is 19.4 Å². The highest BCUT2D eigenvalue weighted by Gasteiger charge is 2.28. The molecule has 156 valence electrons. The van der Waals surface area contributed by atoms with Crippen LogP contribution in [0.3, 0.4) is 0 Å². The van der Waals surface area contributed by atoms with Crippen LogP contribution in [0.5, 0.6) is 5.88 Å². The van der Waals surface area contributed by atoms with Crippen molar-refractivity contribution in [3.05, 3.63) is 59.4 Å². The lowest BCUT2D eigenvalue weighted by Crippen LogP contribution is -2.19. The monoisotopic (exact) mass is 418 g/mol. The second kappa shape index (κ2) is 7.45. The van der Waals surface area contributed by atoms with Crippen LogP contribution in [-0.4, -0.2) is 38.0 Å². The van der Waals surface area contributed by atoms with E-state index in [-0.39, 0.29) is 5.88 Å². The fourth-order valence-corrected chi connectivity index (χ4v) is 3.26. The van der Waals surface area contributed by atoms with Gasteiger partial charge in [0.05, 0.1) is 5.69 Å². The van der Waals surface area contributed by atoms with Crippen molar-refractivity contribution in [1.29, 1.82) is 0 Å². The number of nitrogens with zero attached hydrogens (tertiary/aromatic N) is 3. The molecular weight excluding hydrogens is 401 g/mol. The number of aliphatic hydroxyl groups is 1. The lowest BCUT2D eigenvalue weighted by Gasteiger charge is -2.12. The molecule has 4 aromatic heterocycles. The number of nitrogens with one attached hydrogen (secondary N) is 1. The summed E-state index contributed by atoms with van der Waals surface area (Å²) in [5.41, 5.74) is 3.89. The number of aliphatic hydroxyl groups excluding tert-OH is 1. The lowest BCUT2D eigenvalue weighted by molar-refractivity contribution is -0.154. The largest absolute Gasteiger partial charge is 0.468 e. The number of pyridine rings is 2. The minimum Gasteiger partial charge on any atom is -0.468 e. The van der Waals surface area contributed by atoms with Crippen molar-refractivity contribution in [2.45, 2.75) is 26.1 Å². The number of aromatic nitrogens is 4. The summed E-state index contributed by atoms with van der Waals surface area (Å²) in [6.45, 7) is 2.21. The van der Waals surface area contributed by atoms with Crippen LogP contribution in [0.25, 0.3) is 22.2 Å². The van der Waals surface area contributed by atoms with E-state index in [2.05, 4.69) is 24.8 Å². The van der Waals surface area contributed by atoms with E-state index in [1.54, 1.807) is 19.3 Å². The van der Waals surface area contributed by atoms with Gasteiger partial charge in [-0.05, 0) is 26.0 Å². The SMILES string of the molecule is Cc1noc(C)c1-c1cnc2[nH]cc(C(O)c3ccc(OCC(F)(F)F)nc3)c2c1. The Kier molecular flexibility index (Phi) is 4.94. The predicted octanol–water partition coefficient (Wildman–Crippen LogP) is 4.25. The van der Waals surface area contributed by atoms with E-state index in [1.165, 1.54) is 18.3 Å². The number of hydrogen-bond donors (Lipinski definition) is 2. The molecule has 0 aromatic carbocycles. The predicted molar refractivity (Wildman–Crippen MR) is 101 cm³/mol. The van der Waals surface area contributed by atoms with Crippen molar-refractivity contribution in [1.82, 2.24) is 20.1 Å². The van der Waals surface area contributed by atoms with Crippen molar-refractivity contribution in [2.75, 3.05) is 6.61 Å². The van der Waals surface area contributed by atoms with E-state index >= 15 is 0 Å². The molecule has 0 spiro atoms. The van der Waals surface area contributed by atoms with Gasteiger partial charge in [0.15, 0.2) is 6.61 Å². The zero-order valence-corrected chi connectivity index (χ0v) is 16.0. The summed E-state index contributed by atoms with van der Waals surface area (Å²) in [6, 6.07) is 4.62. The van der Waals surface area contributed by atoms with Crippen LogP contribution in [0.1, 0.15) is 28.7 Å². The van der Waals surface area contributed by atoms with Crippen LogP contribution >= 0.6 is 0 Å². The van der Waals surface area contributed by atoms with Crippen molar-refractivity contribution in [3.63, 3.8) is 0 Å². The highest BCUT2D eigenvalue weighted by Crippen LogP contribution is 2.33. The van der Waals surface area contributed by atoms with Gasteiger partial charge in [-0.3, -0.25) is 0 Å². The normalized spacial score (nSPS) is 13.0. The fourth-order valence-electron chi connectivity index (χ4n) is 3.26. The highest BCUT2D eigenvalue weighted by molar-refractivity contribution is 5.86. The number of H-pyrrole nitrogens is 1. The maximum Gasteiger partial charge on any atom is 0.422 e. The van der Waals surface area contributed by atoms with Crippen LogP contribution in [-0.2, 0) is 0 Å². The number of ether oxygens (including phenoxy) is 1. The Hall–Kier alpha value is -3.40. The third kappa shape index (κ3) is 3.86. The minimum absolute atomic E-state index is 0.176. The second-order valence-electron chi connectivity index (χ2n) is 6.80. The molecule has 0 saturated carbocycles. The first-order valence-electron chi connectivity index (χ1n) is 8.97. The molecule has 0 amide bonds. The van der Waals surface area contributed by atoms with Crippen molar-refractivity contribution in [2.24, 2.45) is 0 Å². The number of halogens is 3. The second-order valence-corrected chi connectivity index (χ2v) is 6.80. The summed E-state index contributed by atoms with van der Waals surface area (Å²) in [7, 11) is 0. The first-order valence-corrected chi connectivity index (χ1v) is 8.97. The number of hydrogen-bond acceptors (Lipinski definition) is 6. The van der Waals surface area contributed by atoms with Gasteiger partial charge in [0, 0.05) is 52.3 Å². The summed E-state index contributed by atoms with van der Waals surface area (Å²) in [4.78, 5) is 11.3. The molecule has 0 radical (unpaired) electrons. The van der Waals surface area contributed by atoms with Crippen LogP contribution in [0.15, 0.2) is 41.3 Å². The maximum atomic E-state index is 12.3. The van der Waals surface area contributed by atoms with Gasteiger partial charge in [-0.15, -0.1) is 0 Å². The van der Waals surface area contributed by atoms with Crippen molar-refractivity contribution in [3.8, 4) is 17.0 Å². The third-order valence-corrected chi connectivity index (χ3v) is 4.64. The molecule has 7 nitrogen and oxygen atoms in total. The quantitative estimate of drug-likeness (QED) is 0.503. The molecule has 4 heterocycles. The molecular formula is C20H17F3N4O3. The first kappa shape index (κ1) is 19.9. The zero-order valence-electron chi connectivity index (χ0n) is 16.0. The maximum absolute atomic E-state index is 12.3. The van der Waals surface area contributed by atoms with E-state index in [9.17, 15) is 18.3 Å². The van der Waals surface area contributed by atoms with E-state index < -0.39 is 18.9 Å². The Balaban J connectivity index is 1.63. The van der Waals surface area contributed by atoms with Gasteiger partial charge in [0.25, 0.3) is 0 Å². The minimum atomic E-state index is -4.45. The van der Waals surface area contributed by atoms with Crippen LogP contribution in [0.2, 0.25) is 0 Å². The summed E-state index contributed by atoms with van der Waals surface area (Å²) in [5, 5.41) is 15.5. The third-order valence-electron chi connectivity index (χ3n) is 4.64. The molecule has 0 aliphatic carbocycles. The Bertz CT molecular complexity index is 1160. The molecule has 30 heavy (non-hydrogen) atoms. The zero-order chi connectivity index (χ0) is 21.5. The molecule has 2 N–H and O–H groups in total. The van der Waals surface area contributed by atoms with E-state index in [4.69, 9.17) is 4.52 Å². The molecule has 10 heteroatoms. The summed E-state index contributed by atoms with van der Waals surface area (Å²) in [5.74, 6) is 0.481. The first-order chi connectivity index (χ1) is 14.2. The lowest BCUT2D eigenvalue weighted by atomic mass is 10.0. The average molecular weight is 418 g/mol. The van der Waals surface area contributed by atoms with Gasteiger partial charge in [0.1, 0.15) is 17.5 Å². The van der Waals surface area contributed by atoms with Crippen molar-refractivity contribution >= 4 is 11.0 Å². The summed E-state index contributed by atoms with van der Waals surface area (Å²) >= 11 is 0. The van der Waals surface area contributed by atoms with Crippen LogP contribution in [0.4, 0.5) is 13.2 Å². The Labute approximate surface area is 168 Å². The Morgan fingerprint density at radius 1 is 1.20 bits per heavy atom. The Morgan fingerprint density at radius 2 is 2.00 bits per heavy atom. The standard InChI is InChI=1S/C20H17F3N4O3/c1-10-17(11(2)30-27-10)13-5-14-15(8-26-19(14)25-7-13)18(28)12-3-4-16(24-6-12)29-9-20(21,22)23/h3-8,18,28H,9H2,1-2H3,(H,25,26). The number of aryl methyl sites for hydroxylation is 2. The van der Waals surface area contributed by atoms with Gasteiger partial charge in [-0.1, -0.05) is 5.16 Å². The van der Waals surface area contributed by atoms with Crippen LogP contribution < -0.4 is 4.74 Å². The van der Waals surface area contributed by atoms with Crippen LogP contribution in [0, 0.1) is 13.8 Å². The fraction of sp³-hybridized carbons (Fsp3) is 0.250. The smallest absolute Gasteiger partial charge is 0.422 e. The van der Waals surface area contributed by atoms with Gasteiger partial charge in [-0.25, -0.2) is 9.97 Å². The number of alkyl halides is 3. The summed E-state index contributed by atoms with van der Waals surface area (Å²) < 4.78 is 46.6. The highest BCUT2D eigenvalue weighted by atomic mass is 19.4. The molecule has 0 bridgehead atoms. The van der Waals surface area contributed by atoms with Gasteiger partial charge in [0.2, 0.25) is 5.88 Å². The van der Waals surface area contributed by atoms with Gasteiger partial charge in [-0.2, -0.15) is 13.2 Å². The molecule has 4 aromatic rings. The topological polar surface area (TPSA) is 97.1 Å². The van der Waals surface area contributed by atoms with E-state index in [0.29, 0.717) is 27.9 Å². The van der Waals surface area contributed by atoms with E-state index in [1.807, 2.05) is 13.0 Å². The molecule has 1 unspecified atom stereocenters. The average Bonchev–Trinajstić information content (AvgIpc) is 3.28. The molecule has 1 atom stereocenters. The number of aromatic amines is 1. The molecule has 4 rings (SSSR count). The molecule has 0 aliphatic heterocycles. The van der Waals surface area contributed by atoms with Crippen molar-refractivity contribution < 1.29 is 27.5 Å². The molecule has 0 saturated heterocycles. The molecule has 0 fully saturated rings. The summed E-state index contributed by atoms with van der Waals surface area (Å²) in [6.07, 6.45) is -0.912. The number of rotatable bonds is 5.